The molecule has 2 aromatic carbocycles. The molecule has 0 saturated heterocycles. The number of halogens is 1. The average Bonchev–Trinajstić information content (AvgIpc) is 2.59. The summed E-state index contributed by atoms with van der Waals surface area (Å²) in [6.07, 6.45) is 0.290. The third kappa shape index (κ3) is 6.02. The second-order valence-corrected chi connectivity index (χ2v) is 8.79. The highest BCUT2D eigenvalue weighted by atomic mass is 35.5. The standard InChI is InChI=1S/C18H20ClNO4S2/c1-20(2)18(21)25-16-10-8-14(9-11-16)13-4-6-15(7-5-13)17(12-19)24-26(3,22)23/h4-11,17H,12H2,1-3H3. The van der Waals surface area contributed by atoms with Crippen LogP contribution >= 0.6 is 23.4 Å². The van der Waals surface area contributed by atoms with Gasteiger partial charge in [-0.2, -0.15) is 8.42 Å². The maximum atomic E-state index is 11.7. The molecular formula is C18H20ClNO4S2. The Kier molecular flexibility index (Phi) is 7.11. The van der Waals surface area contributed by atoms with E-state index in [1.165, 1.54) is 16.7 Å². The van der Waals surface area contributed by atoms with Gasteiger partial charge in [0.1, 0.15) is 6.10 Å². The van der Waals surface area contributed by atoms with E-state index in [-0.39, 0.29) is 11.1 Å². The van der Waals surface area contributed by atoms with Gasteiger partial charge in [-0.3, -0.25) is 8.98 Å². The Balaban J connectivity index is 2.14. The van der Waals surface area contributed by atoms with Gasteiger partial charge < -0.3 is 4.90 Å². The Morgan fingerprint density at radius 1 is 1.08 bits per heavy atom. The molecule has 0 fully saturated rings. The number of thioether (sulfide) groups is 1. The first kappa shape index (κ1) is 20.8. The Bertz CT molecular complexity index is 850. The highest BCUT2D eigenvalue weighted by Gasteiger charge is 2.17. The summed E-state index contributed by atoms with van der Waals surface area (Å²) in [4.78, 5) is 14.1. The zero-order valence-electron chi connectivity index (χ0n) is 14.7. The minimum Gasteiger partial charge on any atom is -0.339 e. The maximum Gasteiger partial charge on any atom is 0.285 e. The molecule has 0 saturated carbocycles. The van der Waals surface area contributed by atoms with E-state index in [9.17, 15) is 13.2 Å². The van der Waals surface area contributed by atoms with Gasteiger partial charge in [0.15, 0.2) is 0 Å². The smallest absolute Gasteiger partial charge is 0.285 e. The van der Waals surface area contributed by atoms with Crippen LogP contribution in [0.5, 0.6) is 0 Å². The van der Waals surface area contributed by atoms with Crippen molar-refractivity contribution in [3.63, 3.8) is 0 Å². The second-order valence-electron chi connectivity index (χ2n) is 5.85. The predicted molar refractivity (Wildman–Crippen MR) is 106 cm³/mol. The molecule has 2 rings (SSSR count). The highest BCUT2D eigenvalue weighted by Crippen LogP contribution is 2.28. The lowest BCUT2D eigenvalue weighted by molar-refractivity contribution is 0.239. The first-order valence-corrected chi connectivity index (χ1v) is 10.9. The number of hydrogen-bond donors (Lipinski definition) is 0. The van der Waals surface area contributed by atoms with Crippen molar-refractivity contribution < 1.29 is 17.4 Å². The molecule has 0 spiro atoms. The molecule has 5 nitrogen and oxygen atoms in total. The summed E-state index contributed by atoms with van der Waals surface area (Å²) in [6, 6.07) is 15.0. The fourth-order valence-electron chi connectivity index (χ4n) is 2.18. The number of nitrogens with zero attached hydrogens (tertiary/aromatic N) is 1. The summed E-state index contributed by atoms with van der Waals surface area (Å²) in [5.41, 5.74) is 2.65. The molecule has 140 valence electrons. The van der Waals surface area contributed by atoms with Crippen LogP contribution in [0.4, 0.5) is 4.79 Å². The van der Waals surface area contributed by atoms with Crippen molar-refractivity contribution >= 4 is 38.7 Å². The lowest BCUT2D eigenvalue weighted by Gasteiger charge is -2.14. The molecule has 0 N–H and O–H groups in total. The third-order valence-electron chi connectivity index (χ3n) is 3.47. The van der Waals surface area contributed by atoms with Crippen LogP contribution in [0, 0.1) is 0 Å². The van der Waals surface area contributed by atoms with Crippen molar-refractivity contribution in [1.82, 2.24) is 4.90 Å². The van der Waals surface area contributed by atoms with E-state index in [0.717, 1.165) is 22.3 Å². The van der Waals surface area contributed by atoms with E-state index in [2.05, 4.69) is 0 Å². The van der Waals surface area contributed by atoms with Crippen molar-refractivity contribution in [3.8, 4) is 11.1 Å². The van der Waals surface area contributed by atoms with Gasteiger partial charge in [-0.15, -0.1) is 11.6 Å². The maximum absolute atomic E-state index is 11.7. The summed E-state index contributed by atoms with van der Waals surface area (Å²) >= 11 is 6.99. The summed E-state index contributed by atoms with van der Waals surface area (Å²) in [5.74, 6) is 0.0399. The van der Waals surface area contributed by atoms with Crippen molar-refractivity contribution in [2.45, 2.75) is 11.0 Å². The van der Waals surface area contributed by atoms with Gasteiger partial charge in [0.05, 0.1) is 12.1 Å². The number of carbonyl (C=O) groups is 1. The SMILES string of the molecule is CN(C)C(=O)Sc1ccc(-c2ccc(C(CCl)OS(C)(=O)=O)cc2)cc1. The Morgan fingerprint density at radius 3 is 2.00 bits per heavy atom. The lowest BCUT2D eigenvalue weighted by Crippen LogP contribution is -2.15. The average molecular weight is 414 g/mol. The minimum atomic E-state index is -3.58. The molecule has 0 aliphatic rings. The van der Waals surface area contributed by atoms with E-state index in [1.807, 2.05) is 36.4 Å². The van der Waals surface area contributed by atoms with Crippen molar-refractivity contribution in [2.24, 2.45) is 0 Å². The second kappa shape index (κ2) is 8.90. The molecule has 8 heteroatoms. The van der Waals surface area contributed by atoms with Gasteiger partial charge >= 0.3 is 0 Å². The Labute approximate surface area is 163 Å². The predicted octanol–water partition coefficient (Wildman–Crippen LogP) is 4.38. The number of rotatable bonds is 6. The molecule has 0 aliphatic heterocycles. The van der Waals surface area contributed by atoms with Gasteiger partial charge in [0.25, 0.3) is 15.4 Å². The van der Waals surface area contributed by atoms with Gasteiger partial charge in [0.2, 0.25) is 0 Å². The Hall–Kier alpha value is -1.54. The zero-order chi connectivity index (χ0) is 19.3. The summed E-state index contributed by atoms with van der Waals surface area (Å²) in [7, 11) is -0.154. The number of alkyl halides is 1. The van der Waals surface area contributed by atoms with Gasteiger partial charge in [0, 0.05) is 19.0 Å². The molecule has 1 atom stereocenters. The topological polar surface area (TPSA) is 63.7 Å². The van der Waals surface area contributed by atoms with E-state index in [1.54, 1.807) is 26.2 Å². The number of carbonyl (C=O) groups excluding carboxylic acids is 1. The van der Waals surface area contributed by atoms with Crippen molar-refractivity contribution in [2.75, 3.05) is 26.2 Å². The zero-order valence-corrected chi connectivity index (χ0v) is 17.1. The van der Waals surface area contributed by atoms with E-state index >= 15 is 0 Å². The van der Waals surface area contributed by atoms with Crippen LogP contribution in [0.2, 0.25) is 0 Å². The summed E-state index contributed by atoms with van der Waals surface area (Å²) in [6.45, 7) is 0. The Morgan fingerprint density at radius 2 is 1.58 bits per heavy atom. The van der Waals surface area contributed by atoms with Crippen LogP contribution in [-0.2, 0) is 14.3 Å². The molecule has 2 aromatic rings. The molecule has 1 unspecified atom stereocenters. The van der Waals surface area contributed by atoms with Crippen LogP contribution in [0.1, 0.15) is 11.7 Å². The van der Waals surface area contributed by atoms with Crippen LogP contribution in [0.3, 0.4) is 0 Å². The molecule has 0 radical (unpaired) electrons. The van der Waals surface area contributed by atoms with Gasteiger partial charge in [-0.05, 0) is 40.6 Å². The first-order chi connectivity index (χ1) is 12.2. The molecular weight excluding hydrogens is 394 g/mol. The number of amides is 1. The number of hydrogen-bond acceptors (Lipinski definition) is 5. The fourth-order valence-corrected chi connectivity index (χ4v) is 3.75. The van der Waals surface area contributed by atoms with E-state index in [0.29, 0.717) is 5.56 Å². The van der Waals surface area contributed by atoms with Crippen molar-refractivity contribution in [1.29, 1.82) is 0 Å². The lowest BCUT2D eigenvalue weighted by atomic mass is 10.0. The first-order valence-electron chi connectivity index (χ1n) is 7.73. The fraction of sp³-hybridized carbons (Fsp3) is 0.278. The summed E-state index contributed by atoms with van der Waals surface area (Å²) in [5, 5.41) is -0.0277. The van der Waals surface area contributed by atoms with Crippen molar-refractivity contribution in [3.05, 3.63) is 54.1 Å². The molecule has 0 heterocycles. The quantitative estimate of drug-likeness (QED) is 0.399. The molecule has 0 bridgehead atoms. The molecule has 1 amide bonds. The van der Waals surface area contributed by atoms with Crippen LogP contribution < -0.4 is 0 Å². The monoisotopic (exact) mass is 413 g/mol. The van der Waals surface area contributed by atoms with Gasteiger partial charge in [-0.1, -0.05) is 36.4 Å². The van der Waals surface area contributed by atoms with Gasteiger partial charge in [-0.25, -0.2) is 0 Å². The van der Waals surface area contributed by atoms with Crippen LogP contribution in [-0.4, -0.2) is 44.8 Å². The normalized spacial score (nSPS) is 12.6. The summed E-state index contributed by atoms with van der Waals surface area (Å²) < 4.78 is 27.6. The molecule has 0 aromatic heterocycles. The minimum absolute atomic E-state index is 0.0277. The largest absolute Gasteiger partial charge is 0.339 e. The molecule has 26 heavy (non-hydrogen) atoms. The third-order valence-corrected chi connectivity index (χ3v) is 5.38. The molecule has 0 aliphatic carbocycles. The van der Waals surface area contributed by atoms with Crippen LogP contribution in [0.15, 0.2) is 53.4 Å². The van der Waals surface area contributed by atoms with E-state index in [4.69, 9.17) is 15.8 Å². The number of benzene rings is 2. The highest BCUT2D eigenvalue weighted by molar-refractivity contribution is 8.13. The van der Waals surface area contributed by atoms with Crippen LogP contribution in [0.25, 0.3) is 11.1 Å². The van der Waals surface area contributed by atoms with E-state index < -0.39 is 16.2 Å².